The van der Waals surface area contributed by atoms with Gasteiger partial charge in [-0.2, -0.15) is 0 Å². The van der Waals surface area contributed by atoms with Crippen molar-refractivity contribution in [3.63, 3.8) is 0 Å². The van der Waals surface area contributed by atoms with E-state index in [2.05, 4.69) is 10.2 Å². The molecule has 6 aromatic rings. The zero-order valence-electron chi connectivity index (χ0n) is 34.8. The molecule has 0 N–H and O–H groups in total. The second kappa shape index (κ2) is 16.7. The third-order valence-electron chi connectivity index (χ3n) is 11.7. The van der Waals surface area contributed by atoms with E-state index in [-0.39, 0.29) is 30.7 Å². The predicted octanol–water partition coefficient (Wildman–Crippen LogP) is 11.0. The smallest absolute Gasteiger partial charge is 0.423 e. The van der Waals surface area contributed by atoms with E-state index in [0.717, 1.165) is 27.9 Å². The highest BCUT2D eigenvalue weighted by atomic mass is 35.5. The van der Waals surface area contributed by atoms with E-state index >= 15 is 8.78 Å². The predicted molar refractivity (Wildman–Crippen MR) is 242 cm³/mol. The summed E-state index contributed by atoms with van der Waals surface area (Å²) in [5.41, 5.74) is 6.96. The molecule has 0 radical (unpaired) electrons. The summed E-state index contributed by atoms with van der Waals surface area (Å²) in [6.07, 6.45) is 8.69. The second-order valence-corrected chi connectivity index (χ2v) is 17.1. The SMILES string of the molecule is CC(=O)N1Cc2cc(-c3ccccc3-c3nnco3)c(F)cc2/C=C\c2ccc(Cl)cc21.CC(=O)N1Cc2cc(B3OC(C)(C)C(C)(C)O3)c(F)cc2/C=C\c2ccc(Cl)cc21. The van der Waals surface area contributed by atoms with Gasteiger partial charge in [-0.15, -0.1) is 10.2 Å². The first-order valence-electron chi connectivity index (χ1n) is 19.9. The van der Waals surface area contributed by atoms with Crippen molar-refractivity contribution in [1.82, 2.24) is 10.2 Å². The van der Waals surface area contributed by atoms with E-state index < -0.39 is 24.1 Å². The van der Waals surface area contributed by atoms with Crippen LogP contribution in [0.25, 0.3) is 46.9 Å². The number of hydrogen-bond acceptors (Lipinski definition) is 7. The van der Waals surface area contributed by atoms with Crippen LogP contribution in [-0.4, -0.2) is 40.3 Å². The number of fused-ring (bicyclic) bond motifs is 4. The molecule has 1 saturated heterocycles. The molecule has 9 nitrogen and oxygen atoms in total. The molecule has 0 aliphatic carbocycles. The lowest BCUT2D eigenvalue weighted by Gasteiger charge is -2.32. The molecule has 0 atom stereocenters. The van der Waals surface area contributed by atoms with Gasteiger partial charge in [-0.25, -0.2) is 8.78 Å². The molecule has 5 aromatic carbocycles. The molecule has 0 spiro atoms. The summed E-state index contributed by atoms with van der Waals surface area (Å²) in [5.74, 6) is -0.733. The molecule has 14 heteroatoms. The number of nitrogens with zero attached hydrogens (tertiary/aromatic N) is 4. The van der Waals surface area contributed by atoms with Crippen molar-refractivity contribution in [2.75, 3.05) is 9.80 Å². The van der Waals surface area contributed by atoms with Gasteiger partial charge in [0, 0.05) is 40.5 Å². The van der Waals surface area contributed by atoms with Crippen molar-refractivity contribution in [3.8, 4) is 22.6 Å². The van der Waals surface area contributed by atoms with Crippen LogP contribution in [0.1, 0.15) is 74.9 Å². The minimum absolute atomic E-state index is 0.124. The van der Waals surface area contributed by atoms with Gasteiger partial charge in [0.15, 0.2) is 0 Å². The Balaban J connectivity index is 0.000000171. The number of benzene rings is 5. The minimum Gasteiger partial charge on any atom is -0.423 e. The molecule has 1 fully saturated rings. The number of anilines is 2. The lowest BCUT2D eigenvalue weighted by atomic mass is 9.77. The molecule has 314 valence electrons. The summed E-state index contributed by atoms with van der Waals surface area (Å²) in [4.78, 5) is 28.3. The Bertz CT molecular complexity index is 2790. The molecule has 2 amide bonds. The molecular formula is C48H41BCl2F2N4O5. The largest absolute Gasteiger partial charge is 0.497 e. The fraction of sp³-hybridized carbons (Fsp3) is 0.208. The monoisotopic (exact) mass is 872 g/mol. The molecule has 0 saturated carbocycles. The average Bonchev–Trinajstić information content (AvgIpc) is 3.82. The van der Waals surface area contributed by atoms with E-state index in [0.29, 0.717) is 54.9 Å². The zero-order valence-corrected chi connectivity index (χ0v) is 36.3. The second-order valence-electron chi connectivity index (χ2n) is 16.3. The maximum atomic E-state index is 15.3. The van der Waals surface area contributed by atoms with Gasteiger partial charge in [-0.05, 0) is 115 Å². The van der Waals surface area contributed by atoms with Crippen molar-refractivity contribution < 1.29 is 32.1 Å². The fourth-order valence-corrected chi connectivity index (χ4v) is 7.97. The fourth-order valence-electron chi connectivity index (χ4n) is 7.64. The number of amides is 2. The van der Waals surface area contributed by atoms with Crippen LogP contribution in [0.2, 0.25) is 10.0 Å². The molecule has 4 heterocycles. The molecule has 1 aromatic heterocycles. The first kappa shape index (κ1) is 42.8. The van der Waals surface area contributed by atoms with Crippen molar-refractivity contribution in [2.45, 2.75) is 65.8 Å². The van der Waals surface area contributed by atoms with Gasteiger partial charge in [0.05, 0.1) is 35.7 Å². The summed E-state index contributed by atoms with van der Waals surface area (Å²) in [5, 5.41) is 8.79. The summed E-state index contributed by atoms with van der Waals surface area (Å²) in [6.45, 7) is 11.3. The van der Waals surface area contributed by atoms with Crippen molar-refractivity contribution >= 4 is 83.3 Å². The Labute approximate surface area is 368 Å². The quantitative estimate of drug-likeness (QED) is 0.163. The number of halogens is 4. The summed E-state index contributed by atoms with van der Waals surface area (Å²) in [7, 11) is -0.817. The Morgan fingerprint density at radius 3 is 1.66 bits per heavy atom. The van der Waals surface area contributed by atoms with Gasteiger partial charge in [-0.3, -0.25) is 9.59 Å². The molecule has 0 bridgehead atoms. The van der Waals surface area contributed by atoms with Crippen LogP contribution in [0, 0.1) is 11.6 Å². The van der Waals surface area contributed by atoms with Crippen LogP contribution >= 0.6 is 23.2 Å². The van der Waals surface area contributed by atoms with Crippen LogP contribution in [0.3, 0.4) is 0 Å². The molecule has 9 rings (SSSR count). The van der Waals surface area contributed by atoms with E-state index in [9.17, 15) is 9.59 Å². The Morgan fingerprint density at radius 1 is 0.645 bits per heavy atom. The van der Waals surface area contributed by atoms with Crippen LogP contribution < -0.4 is 15.3 Å². The molecule has 3 aliphatic heterocycles. The highest BCUT2D eigenvalue weighted by Gasteiger charge is 2.52. The maximum Gasteiger partial charge on any atom is 0.497 e. The van der Waals surface area contributed by atoms with Gasteiger partial charge in [0.1, 0.15) is 11.6 Å². The standard InChI is InChI=1S/C25H17ClFN3O2.C23H24BClFNO3/c1-15(31)30-13-18-10-22(20-4-2-3-5-21(20)25-29-28-14-32-25)23(27)11-17(18)7-6-16-8-9-19(26)12-24(16)30;1-14(28)27-13-17-10-19(24-29-22(2,3)23(4,5)30-24)20(26)11-16(17)7-6-15-8-9-18(25)12-21(15)27/h2-12,14H,13H2,1H3;6-12H,13H2,1-5H3/b2*7-6-. The third-order valence-corrected chi connectivity index (χ3v) is 12.1. The number of carbonyl (C=O) groups excluding carboxylic acids is 2. The molecule has 62 heavy (non-hydrogen) atoms. The first-order chi connectivity index (χ1) is 29.5. The van der Waals surface area contributed by atoms with E-state index in [1.807, 2.05) is 76.3 Å². The molecule has 0 unspecified atom stereocenters. The first-order valence-corrected chi connectivity index (χ1v) is 20.6. The third kappa shape index (κ3) is 8.35. The van der Waals surface area contributed by atoms with Crippen LogP contribution in [0.5, 0.6) is 0 Å². The Morgan fingerprint density at radius 2 is 1.15 bits per heavy atom. The summed E-state index contributed by atoms with van der Waals surface area (Å²) < 4.78 is 47.8. The lowest BCUT2D eigenvalue weighted by molar-refractivity contribution is -0.117. The molecular weight excluding hydrogens is 832 g/mol. The Kier molecular flexibility index (Phi) is 11.6. The minimum atomic E-state index is -0.817. The van der Waals surface area contributed by atoms with Gasteiger partial charge < -0.3 is 23.5 Å². The van der Waals surface area contributed by atoms with E-state index in [1.165, 1.54) is 32.4 Å². The number of carbonyl (C=O) groups is 2. The van der Waals surface area contributed by atoms with Crippen LogP contribution in [0.15, 0.2) is 95.7 Å². The summed E-state index contributed by atoms with van der Waals surface area (Å²) >= 11 is 12.4. The van der Waals surface area contributed by atoms with Crippen LogP contribution in [-0.2, 0) is 32.0 Å². The van der Waals surface area contributed by atoms with Gasteiger partial charge in [0.2, 0.25) is 24.1 Å². The van der Waals surface area contributed by atoms with Gasteiger partial charge in [0.25, 0.3) is 0 Å². The van der Waals surface area contributed by atoms with Crippen LogP contribution in [0.4, 0.5) is 20.2 Å². The topological polar surface area (TPSA) is 98.0 Å². The molecule has 3 aliphatic rings. The van der Waals surface area contributed by atoms with Gasteiger partial charge in [-0.1, -0.05) is 83.9 Å². The summed E-state index contributed by atoms with van der Waals surface area (Å²) in [6, 6.07) is 24.5. The average molecular weight is 874 g/mol. The Hall–Kier alpha value is -5.92. The van der Waals surface area contributed by atoms with Crippen molar-refractivity contribution in [1.29, 1.82) is 0 Å². The highest BCUT2D eigenvalue weighted by Crippen LogP contribution is 2.39. The number of hydrogen-bond donors (Lipinski definition) is 0. The van der Waals surface area contributed by atoms with Crippen molar-refractivity contribution in [3.05, 3.63) is 146 Å². The maximum absolute atomic E-state index is 15.3. The van der Waals surface area contributed by atoms with Crippen molar-refractivity contribution in [2.24, 2.45) is 0 Å². The number of rotatable bonds is 3. The van der Waals surface area contributed by atoms with Gasteiger partial charge >= 0.3 is 7.12 Å². The zero-order chi connectivity index (χ0) is 44.1. The van der Waals surface area contributed by atoms with E-state index in [1.54, 1.807) is 58.3 Å². The number of aromatic nitrogens is 2. The van der Waals surface area contributed by atoms with E-state index in [4.69, 9.17) is 36.9 Å². The highest BCUT2D eigenvalue weighted by molar-refractivity contribution is 6.62. The lowest BCUT2D eigenvalue weighted by Crippen LogP contribution is -2.41. The normalized spacial score (nSPS) is 16.8.